The summed E-state index contributed by atoms with van der Waals surface area (Å²) in [5.74, 6) is 0. The predicted molar refractivity (Wildman–Crippen MR) is 77.9 cm³/mol. The van der Waals surface area contributed by atoms with Crippen LogP contribution >= 0.6 is 0 Å². The number of nitrogens with one attached hydrogen (secondary N) is 1. The summed E-state index contributed by atoms with van der Waals surface area (Å²) in [6.45, 7) is 0.724. The first-order valence-corrected chi connectivity index (χ1v) is 7.44. The van der Waals surface area contributed by atoms with Gasteiger partial charge in [0.1, 0.15) is 6.04 Å². The van der Waals surface area contributed by atoms with Gasteiger partial charge in [-0.25, -0.2) is 4.79 Å². The molecule has 8 heteroatoms. The Morgan fingerprint density at radius 3 is 2.78 bits per heavy atom. The van der Waals surface area contributed by atoms with Gasteiger partial charge in [-0.15, -0.1) is 0 Å². The van der Waals surface area contributed by atoms with Crippen molar-refractivity contribution in [3.8, 4) is 0 Å². The number of pyridine rings is 1. The van der Waals surface area contributed by atoms with Gasteiger partial charge in [0, 0.05) is 31.5 Å². The largest absolute Gasteiger partial charge is 0.453 e. The third kappa shape index (κ3) is 5.09. The van der Waals surface area contributed by atoms with Crippen LogP contribution in [0.5, 0.6) is 0 Å². The van der Waals surface area contributed by atoms with Gasteiger partial charge in [0.2, 0.25) is 0 Å². The molecular formula is C15H20F3N3O2. The van der Waals surface area contributed by atoms with Gasteiger partial charge in [-0.2, -0.15) is 13.2 Å². The van der Waals surface area contributed by atoms with E-state index in [-0.39, 0.29) is 13.0 Å². The molecule has 128 valence electrons. The summed E-state index contributed by atoms with van der Waals surface area (Å²) in [6.07, 6.45) is -0.847. The minimum Gasteiger partial charge on any atom is -0.453 e. The number of nitrogens with zero attached hydrogens (tertiary/aromatic N) is 2. The first-order chi connectivity index (χ1) is 10.9. The summed E-state index contributed by atoms with van der Waals surface area (Å²) < 4.78 is 44.5. The van der Waals surface area contributed by atoms with Gasteiger partial charge in [0.15, 0.2) is 0 Å². The fourth-order valence-electron chi connectivity index (χ4n) is 2.72. The van der Waals surface area contributed by atoms with Crippen LogP contribution < -0.4 is 5.32 Å². The zero-order chi connectivity index (χ0) is 16.9. The van der Waals surface area contributed by atoms with Gasteiger partial charge in [0.05, 0.1) is 7.11 Å². The van der Waals surface area contributed by atoms with Crippen LogP contribution in [-0.4, -0.2) is 54.4 Å². The van der Waals surface area contributed by atoms with E-state index in [1.54, 1.807) is 12.1 Å². The summed E-state index contributed by atoms with van der Waals surface area (Å²) in [5, 5.41) is 2.66. The number of amides is 1. The van der Waals surface area contributed by atoms with Crippen molar-refractivity contribution < 1.29 is 22.7 Å². The monoisotopic (exact) mass is 331 g/mol. The Morgan fingerprint density at radius 2 is 2.17 bits per heavy atom. The average Bonchev–Trinajstić information content (AvgIpc) is 2.54. The third-order valence-corrected chi connectivity index (χ3v) is 3.88. The van der Waals surface area contributed by atoms with Crippen molar-refractivity contribution in [3.05, 3.63) is 30.1 Å². The SMILES string of the molecule is COC(=O)N1CCC[C@@H](N[C@H](Cc2ccncc2)C(F)(F)F)C1. The van der Waals surface area contributed by atoms with Crippen molar-refractivity contribution >= 4 is 6.09 Å². The molecule has 0 spiro atoms. The van der Waals surface area contributed by atoms with E-state index in [2.05, 4.69) is 15.0 Å². The number of carbonyl (C=O) groups is 1. The maximum absolute atomic E-state index is 13.3. The number of halogens is 3. The Bertz CT molecular complexity index is 510. The van der Waals surface area contributed by atoms with Gasteiger partial charge >= 0.3 is 12.3 Å². The highest BCUT2D eigenvalue weighted by Crippen LogP contribution is 2.25. The van der Waals surface area contributed by atoms with Crippen molar-refractivity contribution in [3.63, 3.8) is 0 Å². The molecule has 2 atom stereocenters. The van der Waals surface area contributed by atoms with Crippen molar-refractivity contribution in [2.45, 2.75) is 37.5 Å². The molecule has 1 aliphatic heterocycles. The van der Waals surface area contributed by atoms with E-state index in [1.807, 2.05) is 0 Å². The van der Waals surface area contributed by atoms with Crippen LogP contribution in [0.25, 0.3) is 0 Å². The Hall–Kier alpha value is -1.83. The first kappa shape index (κ1) is 17.5. The number of hydrogen-bond acceptors (Lipinski definition) is 4. The zero-order valence-corrected chi connectivity index (χ0v) is 12.8. The average molecular weight is 331 g/mol. The molecule has 1 fully saturated rings. The molecule has 1 aromatic heterocycles. The number of likely N-dealkylation sites (tertiary alicyclic amines) is 1. The van der Waals surface area contributed by atoms with Crippen molar-refractivity contribution in [1.82, 2.24) is 15.2 Å². The number of alkyl halides is 3. The van der Waals surface area contributed by atoms with Gasteiger partial charge in [-0.3, -0.25) is 4.98 Å². The molecule has 2 heterocycles. The van der Waals surface area contributed by atoms with Gasteiger partial charge < -0.3 is 15.0 Å². The van der Waals surface area contributed by atoms with Crippen molar-refractivity contribution in [2.24, 2.45) is 0 Å². The second-order valence-electron chi connectivity index (χ2n) is 5.58. The molecule has 2 rings (SSSR count). The Morgan fingerprint density at radius 1 is 1.48 bits per heavy atom. The lowest BCUT2D eigenvalue weighted by molar-refractivity contribution is -0.158. The summed E-state index contributed by atoms with van der Waals surface area (Å²) in [6, 6.07) is 1.08. The van der Waals surface area contributed by atoms with Crippen LogP contribution in [0.2, 0.25) is 0 Å². The number of piperidine rings is 1. The number of hydrogen-bond donors (Lipinski definition) is 1. The summed E-state index contributed by atoms with van der Waals surface area (Å²) in [4.78, 5) is 16.8. The minimum absolute atomic E-state index is 0.166. The number of rotatable bonds is 4. The van der Waals surface area contributed by atoms with Gasteiger partial charge in [-0.05, 0) is 37.0 Å². The molecular weight excluding hydrogens is 311 g/mol. The Kier molecular flexibility index (Phi) is 5.81. The molecule has 0 bridgehead atoms. The molecule has 0 radical (unpaired) electrons. The lowest BCUT2D eigenvalue weighted by Crippen LogP contribution is -2.55. The van der Waals surface area contributed by atoms with Crippen LogP contribution in [0.15, 0.2) is 24.5 Å². The quantitative estimate of drug-likeness (QED) is 0.920. The van der Waals surface area contributed by atoms with Crippen LogP contribution in [0, 0.1) is 0 Å². The predicted octanol–water partition coefficient (Wildman–Crippen LogP) is 2.38. The maximum atomic E-state index is 13.3. The Labute approximate surface area is 132 Å². The normalized spacial score (nSPS) is 20.2. The third-order valence-electron chi connectivity index (χ3n) is 3.88. The fourth-order valence-corrected chi connectivity index (χ4v) is 2.72. The highest BCUT2D eigenvalue weighted by atomic mass is 19.4. The minimum atomic E-state index is -4.36. The second-order valence-corrected chi connectivity index (χ2v) is 5.58. The van der Waals surface area contributed by atoms with E-state index < -0.39 is 24.4 Å². The van der Waals surface area contributed by atoms with Crippen molar-refractivity contribution in [1.29, 1.82) is 0 Å². The second kappa shape index (κ2) is 7.63. The highest BCUT2D eigenvalue weighted by molar-refractivity contribution is 5.67. The lowest BCUT2D eigenvalue weighted by Gasteiger charge is -2.35. The molecule has 0 unspecified atom stereocenters. The number of carbonyl (C=O) groups excluding carboxylic acids is 1. The van der Waals surface area contributed by atoms with E-state index in [0.717, 1.165) is 0 Å². The van der Waals surface area contributed by atoms with Crippen LogP contribution in [0.4, 0.5) is 18.0 Å². The number of ether oxygens (including phenoxy) is 1. The Balaban J connectivity index is 2.01. The van der Waals surface area contributed by atoms with Crippen LogP contribution in [0.1, 0.15) is 18.4 Å². The first-order valence-electron chi connectivity index (χ1n) is 7.44. The molecule has 0 aliphatic carbocycles. The molecule has 1 amide bonds. The molecule has 1 aliphatic rings. The molecule has 0 aromatic carbocycles. The number of aromatic nitrogens is 1. The molecule has 0 saturated carbocycles. The zero-order valence-electron chi connectivity index (χ0n) is 12.8. The highest BCUT2D eigenvalue weighted by Gasteiger charge is 2.41. The standard InChI is InChI=1S/C15H20F3N3O2/c1-23-14(22)21-8-2-3-12(10-21)20-13(15(16,17)18)9-11-4-6-19-7-5-11/h4-7,12-13,20H,2-3,8-10H2,1H3/t12-,13-/m1/s1. The lowest BCUT2D eigenvalue weighted by atomic mass is 10.0. The van der Waals surface area contributed by atoms with E-state index in [9.17, 15) is 18.0 Å². The summed E-state index contributed by atoms with van der Waals surface area (Å²) >= 11 is 0. The van der Waals surface area contributed by atoms with E-state index in [4.69, 9.17) is 0 Å². The number of methoxy groups -OCH3 is 1. The molecule has 1 saturated heterocycles. The van der Waals surface area contributed by atoms with E-state index in [1.165, 1.54) is 24.4 Å². The van der Waals surface area contributed by atoms with Gasteiger partial charge in [-0.1, -0.05) is 0 Å². The van der Waals surface area contributed by atoms with E-state index in [0.29, 0.717) is 24.9 Å². The summed E-state index contributed by atoms with van der Waals surface area (Å²) in [7, 11) is 1.27. The summed E-state index contributed by atoms with van der Waals surface area (Å²) in [5.41, 5.74) is 0.565. The molecule has 23 heavy (non-hydrogen) atoms. The molecule has 1 N–H and O–H groups in total. The molecule has 1 aromatic rings. The van der Waals surface area contributed by atoms with Crippen LogP contribution in [-0.2, 0) is 11.2 Å². The van der Waals surface area contributed by atoms with Gasteiger partial charge in [0.25, 0.3) is 0 Å². The topological polar surface area (TPSA) is 54.5 Å². The van der Waals surface area contributed by atoms with E-state index >= 15 is 0 Å². The smallest absolute Gasteiger partial charge is 0.409 e. The fraction of sp³-hybridized carbons (Fsp3) is 0.600. The van der Waals surface area contributed by atoms with Crippen molar-refractivity contribution in [2.75, 3.05) is 20.2 Å². The van der Waals surface area contributed by atoms with Crippen LogP contribution in [0.3, 0.4) is 0 Å². The molecule has 5 nitrogen and oxygen atoms in total. The maximum Gasteiger partial charge on any atom is 0.409 e.